The number of nitrogens with zero attached hydrogens (tertiary/aromatic N) is 1. The Hall–Kier alpha value is -2.16. The average Bonchev–Trinajstić information content (AvgIpc) is 2.37. The van der Waals surface area contributed by atoms with E-state index in [2.05, 4.69) is 4.74 Å². The van der Waals surface area contributed by atoms with Crippen molar-refractivity contribution in [3.8, 4) is 0 Å². The molecule has 9 heteroatoms. The van der Waals surface area contributed by atoms with Gasteiger partial charge in [0.1, 0.15) is 0 Å². The Kier molecular flexibility index (Phi) is 4.89. The van der Waals surface area contributed by atoms with Crippen LogP contribution in [0.1, 0.15) is 22.8 Å². The molecule has 0 aliphatic carbocycles. The Morgan fingerprint density at radius 2 is 1.86 bits per heavy atom. The topological polar surface area (TPSA) is 89.7 Å². The summed E-state index contributed by atoms with van der Waals surface area (Å²) in [5, 5.41) is 20.0. The van der Waals surface area contributed by atoms with E-state index in [9.17, 15) is 33.2 Å². The molecule has 1 atom stereocenters. The second kappa shape index (κ2) is 6.08. The van der Waals surface area contributed by atoms with Crippen molar-refractivity contribution in [2.75, 3.05) is 13.2 Å². The number of hydrogen-bond donors (Lipinski definition) is 1. The van der Waals surface area contributed by atoms with Crippen LogP contribution in [0, 0.1) is 10.1 Å². The van der Waals surface area contributed by atoms with E-state index in [1.807, 2.05) is 0 Å². The van der Waals surface area contributed by atoms with Gasteiger partial charge in [-0.2, -0.15) is 13.2 Å². The molecule has 1 unspecified atom stereocenters. The molecule has 0 saturated heterocycles. The summed E-state index contributed by atoms with van der Waals surface area (Å²) in [6.07, 6.45) is -5.23. The third-order valence-electron chi connectivity index (χ3n) is 2.70. The lowest BCUT2D eigenvalue weighted by molar-refractivity contribution is -0.519. The smallest absolute Gasteiger partial charge is 0.428 e. The van der Waals surface area contributed by atoms with Crippen LogP contribution in [0.2, 0.25) is 0 Å². The molecule has 6 nitrogen and oxygen atoms in total. The van der Waals surface area contributed by atoms with Crippen LogP contribution in [-0.2, 0) is 10.3 Å². The quantitative estimate of drug-likeness (QED) is 0.509. The Morgan fingerprint density at radius 1 is 1.33 bits per heavy atom. The Morgan fingerprint density at radius 3 is 2.24 bits per heavy atom. The van der Waals surface area contributed by atoms with Crippen molar-refractivity contribution in [1.29, 1.82) is 0 Å². The zero-order chi connectivity index (χ0) is 16.3. The summed E-state index contributed by atoms with van der Waals surface area (Å²) in [6, 6.07) is 3.63. The first-order valence-electron chi connectivity index (χ1n) is 5.80. The highest BCUT2D eigenvalue weighted by atomic mass is 19.4. The number of rotatable bonds is 5. The number of hydrogen-bond acceptors (Lipinski definition) is 5. The molecule has 0 aliphatic heterocycles. The van der Waals surface area contributed by atoms with Gasteiger partial charge in [-0.3, -0.25) is 10.1 Å². The van der Waals surface area contributed by atoms with E-state index < -0.39 is 34.8 Å². The van der Waals surface area contributed by atoms with Gasteiger partial charge in [-0.05, 0) is 24.6 Å². The van der Waals surface area contributed by atoms with Crippen molar-refractivity contribution in [3.05, 3.63) is 45.5 Å². The normalized spacial score (nSPS) is 14.3. The highest BCUT2D eigenvalue weighted by Crippen LogP contribution is 2.39. The summed E-state index contributed by atoms with van der Waals surface area (Å²) in [5.74, 6) is -0.742. The maximum absolute atomic E-state index is 12.9. The van der Waals surface area contributed by atoms with Crippen molar-refractivity contribution in [1.82, 2.24) is 0 Å². The zero-order valence-electron chi connectivity index (χ0n) is 10.9. The maximum atomic E-state index is 12.9. The molecule has 0 aliphatic rings. The maximum Gasteiger partial charge on any atom is 0.428 e. The third-order valence-corrected chi connectivity index (χ3v) is 2.70. The van der Waals surface area contributed by atoms with Gasteiger partial charge in [0.15, 0.2) is 0 Å². The molecule has 0 fully saturated rings. The molecular formula is C12H12F3NO5. The van der Waals surface area contributed by atoms with E-state index >= 15 is 0 Å². The molecule has 21 heavy (non-hydrogen) atoms. The molecule has 0 spiro atoms. The van der Waals surface area contributed by atoms with E-state index in [1.54, 1.807) is 6.92 Å². The molecule has 0 radical (unpaired) electrons. The summed E-state index contributed by atoms with van der Waals surface area (Å²) in [4.78, 5) is 20.5. The number of carbonyl (C=O) groups excluding carboxylic acids is 1. The molecule has 1 aromatic rings. The van der Waals surface area contributed by atoms with Gasteiger partial charge < -0.3 is 9.84 Å². The fourth-order valence-electron chi connectivity index (χ4n) is 1.63. The molecule has 1 N–H and O–H groups in total. The van der Waals surface area contributed by atoms with Crippen LogP contribution in [0.25, 0.3) is 0 Å². The number of halogens is 3. The fourth-order valence-corrected chi connectivity index (χ4v) is 1.63. The molecule has 116 valence electrons. The van der Waals surface area contributed by atoms with Gasteiger partial charge >= 0.3 is 12.1 Å². The molecule has 0 aromatic heterocycles. The summed E-state index contributed by atoms with van der Waals surface area (Å²) in [5.41, 5.74) is -4.37. The second-order valence-electron chi connectivity index (χ2n) is 4.15. The van der Waals surface area contributed by atoms with E-state index in [0.29, 0.717) is 0 Å². The van der Waals surface area contributed by atoms with E-state index in [1.165, 1.54) is 0 Å². The van der Waals surface area contributed by atoms with E-state index in [4.69, 9.17) is 0 Å². The summed E-state index contributed by atoms with van der Waals surface area (Å²) in [6.45, 7) is -0.0740. The molecule has 0 saturated carbocycles. The molecule has 0 heterocycles. The molecule has 1 rings (SSSR count). The molecule has 0 amide bonds. The molecule has 1 aromatic carbocycles. The summed E-state index contributed by atoms with van der Waals surface area (Å²) >= 11 is 0. The lowest BCUT2D eigenvalue weighted by Crippen LogP contribution is -2.47. The predicted molar refractivity (Wildman–Crippen MR) is 64.2 cm³/mol. The number of esters is 1. The van der Waals surface area contributed by atoms with Crippen LogP contribution in [0.4, 0.5) is 13.2 Å². The minimum atomic E-state index is -5.23. The number of benzene rings is 1. The molecular weight excluding hydrogens is 295 g/mol. The fraction of sp³-hybridized carbons (Fsp3) is 0.417. The Balaban J connectivity index is 3.16. The van der Waals surface area contributed by atoms with Crippen LogP contribution in [-0.4, -0.2) is 35.3 Å². The van der Waals surface area contributed by atoms with Gasteiger partial charge in [-0.15, -0.1) is 0 Å². The number of carbonyl (C=O) groups is 1. The van der Waals surface area contributed by atoms with Crippen molar-refractivity contribution in [2.24, 2.45) is 0 Å². The number of aliphatic hydroxyl groups is 1. The van der Waals surface area contributed by atoms with Crippen LogP contribution in [0.15, 0.2) is 24.3 Å². The van der Waals surface area contributed by atoms with E-state index in [0.717, 1.165) is 24.3 Å². The van der Waals surface area contributed by atoms with Crippen molar-refractivity contribution < 1.29 is 32.7 Å². The van der Waals surface area contributed by atoms with Crippen molar-refractivity contribution in [3.63, 3.8) is 0 Å². The van der Waals surface area contributed by atoms with Gasteiger partial charge in [0, 0.05) is 4.92 Å². The minimum Gasteiger partial charge on any atom is -0.462 e. The van der Waals surface area contributed by atoms with Crippen LogP contribution in [0.5, 0.6) is 0 Å². The van der Waals surface area contributed by atoms with Gasteiger partial charge in [0.05, 0.1) is 12.2 Å². The zero-order valence-corrected chi connectivity index (χ0v) is 10.9. The summed E-state index contributed by atoms with van der Waals surface area (Å²) in [7, 11) is 0. The van der Waals surface area contributed by atoms with Crippen LogP contribution >= 0.6 is 0 Å². The van der Waals surface area contributed by atoms with Gasteiger partial charge in [-0.1, -0.05) is 12.1 Å². The number of alkyl halides is 3. The minimum absolute atomic E-state index is 0.0220. The standard InChI is InChI=1S/C12H12F3NO5/c1-2-21-10(17)8-3-5-9(6-4-8)11(18,7-16(19)20)12(13,14)15/h3-6,18H,2,7H2,1H3. The first-order valence-corrected chi connectivity index (χ1v) is 5.80. The molecule has 0 bridgehead atoms. The van der Waals surface area contributed by atoms with Gasteiger partial charge in [-0.25, -0.2) is 4.79 Å². The number of ether oxygens (including phenoxy) is 1. The number of nitro groups is 1. The predicted octanol–water partition coefficient (Wildman–Crippen LogP) is 1.89. The SMILES string of the molecule is CCOC(=O)c1ccc(C(O)(C[N+](=O)[O-])C(F)(F)F)cc1. The van der Waals surface area contributed by atoms with Crippen molar-refractivity contribution in [2.45, 2.75) is 18.7 Å². The Labute approximate surface area is 117 Å². The van der Waals surface area contributed by atoms with Gasteiger partial charge in [0.2, 0.25) is 6.54 Å². The van der Waals surface area contributed by atoms with Gasteiger partial charge in [0.25, 0.3) is 5.60 Å². The lowest BCUT2D eigenvalue weighted by atomic mass is 9.92. The largest absolute Gasteiger partial charge is 0.462 e. The monoisotopic (exact) mass is 307 g/mol. The highest BCUT2D eigenvalue weighted by Gasteiger charge is 2.58. The first-order chi connectivity index (χ1) is 9.61. The second-order valence-corrected chi connectivity index (χ2v) is 4.15. The van der Waals surface area contributed by atoms with Crippen molar-refractivity contribution >= 4 is 5.97 Å². The van der Waals surface area contributed by atoms with Crippen LogP contribution in [0.3, 0.4) is 0 Å². The van der Waals surface area contributed by atoms with E-state index in [-0.39, 0.29) is 12.2 Å². The summed E-state index contributed by atoms with van der Waals surface area (Å²) < 4.78 is 43.3. The first kappa shape index (κ1) is 16.9. The highest BCUT2D eigenvalue weighted by molar-refractivity contribution is 5.89. The lowest BCUT2D eigenvalue weighted by Gasteiger charge is -2.27. The average molecular weight is 307 g/mol. The Bertz CT molecular complexity index is 529. The third kappa shape index (κ3) is 3.69. The van der Waals surface area contributed by atoms with Crippen LogP contribution < -0.4 is 0 Å².